The van der Waals surface area contributed by atoms with Gasteiger partial charge >= 0.3 is 0 Å². The van der Waals surface area contributed by atoms with Gasteiger partial charge < -0.3 is 9.67 Å². The third-order valence-corrected chi connectivity index (χ3v) is 4.54. The van der Waals surface area contributed by atoms with Crippen LogP contribution in [0.2, 0.25) is 0 Å². The van der Waals surface area contributed by atoms with E-state index in [0.29, 0.717) is 17.4 Å². The number of rotatable bonds is 4. The highest BCUT2D eigenvalue weighted by Crippen LogP contribution is 2.41. The van der Waals surface area contributed by atoms with Crippen LogP contribution < -0.4 is 0 Å². The van der Waals surface area contributed by atoms with Gasteiger partial charge in [0.15, 0.2) is 5.69 Å². The molecule has 4 rings (SSSR count). The Kier molecular flexibility index (Phi) is 4.16. The highest BCUT2D eigenvalue weighted by molar-refractivity contribution is 5.97. The molecule has 0 radical (unpaired) electrons. The van der Waals surface area contributed by atoms with E-state index in [1.807, 2.05) is 30.3 Å². The van der Waals surface area contributed by atoms with Gasteiger partial charge in [0.1, 0.15) is 11.6 Å². The van der Waals surface area contributed by atoms with Crippen LogP contribution in [0.25, 0.3) is 22.0 Å². The Balaban J connectivity index is 1.91. The summed E-state index contributed by atoms with van der Waals surface area (Å²) in [6.45, 7) is 0.325. The van der Waals surface area contributed by atoms with Crippen molar-refractivity contribution in [2.75, 3.05) is 0 Å². The van der Waals surface area contributed by atoms with Crippen LogP contribution in [0.1, 0.15) is 5.56 Å². The van der Waals surface area contributed by atoms with Gasteiger partial charge in [0, 0.05) is 5.39 Å². The van der Waals surface area contributed by atoms with Gasteiger partial charge in [-0.1, -0.05) is 42.5 Å². The Morgan fingerprint density at radius 1 is 0.926 bits per heavy atom. The highest BCUT2D eigenvalue weighted by atomic mass is 19.1. The molecule has 0 saturated heterocycles. The predicted molar refractivity (Wildman–Crippen MR) is 100.0 cm³/mol. The number of aromatic hydroxyl groups is 1. The van der Waals surface area contributed by atoms with Crippen LogP contribution in [0, 0.1) is 16.5 Å². The van der Waals surface area contributed by atoms with E-state index >= 15 is 0 Å². The molecule has 0 amide bonds. The maximum absolute atomic E-state index is 14.1. The Hall–Kier alpha value is -3.54. The summed E-state index contributed by atoms with van der Waals surface area (Å²) < 4.78 is 29.8. The Morgan fingerprint density at radius 2 is 1.63 bits per heavy atom. The molecular formula is C21H14F2N2O2. The quantitative estimate of drug-likeness (QED) is 0.470. The maximum atomic E-state index is 14.1. The minimum atomic E-state index is -0.706. The Morgan fingerprint density at radius 3 is 2.30 bits per heavy atom. The molecule has 1 aromatic heterocycles. The van der Waals surface area contributed by atoms with E-state index in [9.17, 15) is 18.8 Å². The largest absolute Gasteiger partial charge is 0.493 e. The van der Waals surface area contributed by atoms with Crippen molar-refractivity contribution in [1.82, 2.24) is 4.57 Å². The lowest BCUT2D eigenvalue weighted by molar-refractivity contribution is 0.430. The average Bonchev–Trinajstić information content (AvgIpc) is 2.93. The predicted octanol–water partition coefficient (Wildman–Crippen LogP) is 5.74. The molecule has 3 aromatic carbocycles. The number of nitrogens with zero attached hydrogens (tertiary/aromatic N) is 2. The molecule has 1 heterocycles. The summed E-state index contributed by atoms with van der Waals surface area (Å²) in [5, 5.41) is 13.7. The van der Waals surface area contributed by atoms with Gasteiger partial charge in [-0.3, -0.25) is 0 Å². The molecular weight excluding hydrogens is 350 g/mol. The normalized spacial score (nSPS) is 11.0. The lowest BCUT2D eigenvalue weighted by Gasteiger charge is -2.08. The van der Waals surface area contributed by atoms with Crippen molar-refractivity contribution in [1.29, 1.82) is 0 Å². The van der Waals surface area contributed by atoms with Gasteiger partial charge in [-0.15, -0.1) is 4.91 Å². The van der Waals surface area contributed by atoms with E-state index in [4.69, 9.17) is 0 Å². The summed E-state index contributed by atoms with van der Waals surface area (Å²) >= 11 is 0. The lowest BCUT2D eigenvalue weighted by atomic mass is 10.0. The van der Waals surface area contributed by atoms with E-state index in [0.717, 1.165) is 5.56 Å². The van der Waals surface area contributed by atoms with E-state index < -0.39 is 11.6 Å². The number of fused-ring (bicyclic) bond motifs is 1. The average molecular weight is 364 g/mol. The summed E-state index contributed by atoms with van der Waals surface area (Å²) in [5.41, 5.74) is 1.39. The van der Waals surface area contributed by atoms with E-state index in [1.54, 1.807) is 16.7 Å². The molecule has 0 bridgehead atoms. The van der Waals surface area contributed by atoms with Crippen molar-refractivity contribution in [3.8, 4) is 17.0 Å². The zero-order valence-corrected chi connectivity index (χ0v) is 14.1. The van der Waals surface area contributed by atoms with E-state index in [-0.39, 0.29) is 22.7 Å². The second-order valence-electron chi connectivity index (χ2n) is 6.16. The van der Waals surface area contributed by atoms with Gasteiger partial charge in [-0.25, -0.2) is 8.78 Å². The second-order valence-corrected chi connectivity index (χ2v) is 6.16. The first-order valence-electron chi connectivity index (χ1n) is 8.27. The summed E-state index contributed by atoms with van der Waals surface area (Å²) in [7, 11) is 0. The lowest BCUT2D eigenvalue weighted by Crippen LogP contribution is -1.98. The fourth-order valence-corrected chi connectivity index (χ4v) is 3.27. The molecule has 0 saturated carbocycles. The van der Waals surface area contributed by atoms with Gasteiger partial charge in [0.2, 0.25) is 5.88 Å². The third-order valence-electron chi connectivity index (χ3n) is 4.54. The van der Waals surface area contributed by atoms with Crippen LogP contribution in [-0.2, 0) is 6.54 Å². The number of benzene rings is 3. The SMILES string of the molecule is O=Nc1c(O)n(Cc2ccccc2)c2ccc(-c3c(F)cccc3F)cc12. The molecule has 1 N–H and O–H groups in total. The maximum Gasteiger partial charge on any atom is 0.222 e. The molecule has 0 aliphatic heterocycles. The van der Waals surface area contributed by atoms with Gasteiger partial charge in [0.25, 0.3) is 0 Å². The molecule has 4 nitrogen and oxygen atoms in total. The van der Waals surface area contributed by atoms with Crippen molar-refractivity contribution in [2.45, 2.75) is 6.54 Å². The molecule has 0 atom stereocenters. The van der Waals surface area contributed by atoms with E-state index in [2.05, 4.69) is 5.18 Å². The summed E-state index contributed by atoms with van der Waals surface area (Å²) in [6, 6.07) is 17.7. The number of aromatic nitrogens is 1. The van der Waals surface area contributed by atoms with Crippen LogP contribution in [0.5, 0.6) is 5.88 Å². The van der Waals surface area contributed by atoms with E-state index in [1.165, 1.54) is 24.3 Å². The van der Waals surface area contributed by atoms with Crippen LogP contribution in [-0.4, -0.2) is 9.67 Å². The summed E-state index contributed by atoms with van der Waals surface area (Å²) in [5.74, 6) is -1.69. The van der Waals surface area contributed by atoms with Gasteiger partial charge in [-0.05, 0) is 40.6 Å². The number of halogens is 2. The van der Waals surface area contributed by atoms with Crippen LogP contribution in [0.3, 0.4) is 0 Å². The van der Waals surface area contributed by atoms with Crippen molar-refractivity contribution < 1.29 is 13.9 Å². The first-order chi connectivity index (χ1) is 13.1. The molecule has 0 unspecified atom stereocenters. The Bertz CT molecular complexity index is 1130. The standard InChI is InChI=1S/C21H14F2N2O2/c22-16-7-4-8-17(23)19(16)14-9-10-18-15(11-14)20(24-27)21(26)25(18)12-13-5-2-1-3-6-13/h1-11,26H,12H2. The monoisotopic (exact) mass is 364 g/mol. The molecule has 0 aliphatic rings. The highest BCUT2D eigenvalue weighted by Gasteiger charge is 2.20. The third kappa shape index (κ3) is 2.85. The van der Waals surface area contributed by atoms with Crippen molar-refractivity contribution >= 4 is 16.6 Å². The molecule has 27 heavy (non-hydrogen) atoms. The smallest absolute Gasteiger partial charge is 0.222 e. The molecule has 4 aromatic rings. The van der Waals surface area contributed by atoms with Crippen molar-refractivity contribution in [3.63, 3.8) is 0 Å². The molecule has 0 spiro atoms. The fourth-order valence-electron chi connectivity index (χ4n) is 3.27. The van der Waals surface area contributed by atoms with Crippen LogP contribution in [0.15, 0.2) is 71.9 Å². The first-order valence-corrected chi connectivity index (χ1v) is 8.27. The minimum Gasteiger partial charge on any atom is -0.493 e. The Labute approximate surface area is 153 Å². The van der Waals surface area contributed by atoms with Crippen molar-refractivity contribution in [3.05, 3.63) is 88.8 Å². The second kappa shape index (κ2) is 6.64. The zero-order chi connectivity index (χ0) is 19.0. The zero-order valence-electron chi connectivity index (χ0n) is 14.1. The van der Waals surface area contributed by atoms with Gasteiger partial charge in [0.05, 0.1) is 17.6 Å². The fraction of sp³-hybridized carbons (Fsp3) is 0.0476. The molecule has 0 aliphatic carbocycles. The summed E-state index contributed by atoms with van der Waals surface area (Å²) in [6.07, 6.45) is 0. The number of nitroso groups, excluding NO2 is 1. The molecule has 0 fully saturated rings. The molecule has 6 heteroatoms. The number of hydrogen-bond donors (Lipinski definition) is 1. The number of hydrogen-bond acceptors (Lipinski definition) is 3. The minimum absolute atomic E-state index is 0.153. The van der Waals surface area contributed by atoms with Crippen molar-refractivity contribution in [2.24, 2.45) is 5.18 Å². The summed E-state index contributed by atoms with van der Waals surface area (Å²) in [4.78, 5) is 11.3. The van der Waals surface area contributed by atoms with Crippen LogP contribution in [0.4, 0.5) is 14.5 Å². The molecule has 134 valence electrons. The van der Waals surface area contributed by atoms with Crippen LogP contribution >= 0.6 is 0 Å². The topological polar surface area (TPSA) is 54.6 Å². The first kappa shape index (κ1) is 16.9. The van der Waals surface area contributed by atoms with Gasteiger partial charge in [-0.2, -0.15) is 0 Å².